The molecular formula is C16H23NO2. The van der Waals surface area contributed by atoms with Crippen LogP contribution in [0.4, 0.5) is 0 Å². The maximum absolute atomic E-state index is 12.3. The molecule has 2 N–H and O–H groups in total. The second-order valence-corrected chi connectivity index (χ2v) is 8.34. The summed E-state index contributed by atoms with van der Waals surface area (Å²) in [6, 6.07) is 0. The summed E-state index contributed by atoms with van der Waals surface area (Å²) < 4.78 is 5.16. The van der Waals surface area contributed by atoms with E-state index in [0.717, 1.165) is 54.8 Å². The lowest BCUT2D eigenvalue weighted by Crippen LogP contribution is -2.72. The van der Waals surface area contributed by atoms with E-state index < -0.39 is 0 Å². The van der Waals surface area contributed by atoms with Crippen molar-refractivity contribution in [3.05, 3.63) is 0 Å². The number of hydrogen-bond donors (Lipinski definition) is 1. The molecule has 0 aromatic heterocycles. The first-order valence-electron chi connectivity index (χ1n) is 7.93. The van der Waals surface area contributed by atoms with E-state index in [1.54, 1.807) is 7.11 Å². The third-order valence-corrected chi connectivity index (χ3v) is 7.72. The molecular weight excluding hydrogens is 238 g/mol. The lowest BCUT2D eigenvalue weighted by Gasteiger charge is -2.73. The quantitative estimate of drug-likeness (QED) is 0.734. The molecule has 0 saturated heterocycles. The van der Waals surface area contributed by atoms with Gasteiger partial charge in [0, 0.05) is 5.54 Å². The monoisotopic (exact) mass is 261 g/mol. The van der Waals surface area contributed by atoms with Gasteiger partial charge in [0.1, 0.15) is 0 Å². The largest absolute Gasteiger partial charge is 0.469 e. The van der Waals surface area contributed by atoms with Crippen LogP contribution in [0.5, 0.6) is 0 Å². The van der Waals surface area contributed by atoms with Crippen molar-refractivity contribution < 1.29 is 9.53 Å². The average Bonchev–Trinajstić information content (AvgIpc) is 2.41. The minimum Gasteiger partial charge on any atom is -0.469 e. The van der Waals surface area contributed by atoms with Crippen LogP contribution in [-0.4, -0.2) is 18.6 Å². The second kappa shape index (κ2) is 3.03. The molecule has 3 heteroatoms. The average molecular weight is 261 g/mol. The predicted octanol–water partition coefficient (Wildman–Crippen LogP) is 1.95. The van der Waals surface area contributed by atoms with Crippen LogP contribution in [0, 0.1) is 40.9 Å². The van der Waals surface area contributed by atoms with Gasteiger partial charge in [-0.05, 0) is 74.0 Å². The van der Waals surface area contributed by atoms with Gasteiger partial charge in [-0.1, -0.05) is 0 Å². The fourth-order valence-electron chi connectivity index (χ4n) is 7.45. The summed E-state index contributed by atoms with van der Waals surface area (Å²) in [4.78, 5) is 12.3. The van der Waals surface area contributed by atoms with Crippen LogP contribution in [0.3, 0.4) is 0 Å². The van der Waals surface area contributed by atoms with Gasteiger partial charge in [0.25, 0.3) is 0 Å². The molecule has 0 unspecified atom stereocenters. The molecule has 0 heterocycles. The maximum Gasteiger partial charge on any atom is 0.311 e. The summed E-state index contributed by atoms with van der Waals surface area (Å²) in [6.07, 6.45) is 7.01. The smallest absolute Gasteiger partial charge is 0.311 e. The van der Waals surface area contributed by atoms with E-state index in [1.807, 2.05) is 0 Å². The number of hydrogen-bond acceptors (Lipinski definition) is 3. The highest BCUT2D eigenvalue weighted by Gasteiger charge is 2.71. The van der Waals surface area contributed by atoms with Crippen LogP contribution in [0.1, 0.15) is 38.5 Å². The van der Waals surface area contributed by atoms with Crippen LogP contribution in [0.25, 0.3) is 0 Å². The van der Waals surface area contributed by atoms with Crippen LogP contribution >= 0.6 is 0 Å². The van der Waals surface area contributed by atoms with Crippen molar-refractivity contribution in [2.75, 3.05) is 7.11 Å². The van der Waals surface area contributed by atoms with E-state index in [-0.39, 0.29) is 16.9 Å². The number of esters is 1. The van der Waals surface area contributed by atoms with Crippen LogP contribution in [-0.2, 0) is 9.53 Å². The van der Waals surface area contributed by atoms with E-state index in [1.165, 1.54) is 19.3 Å². The van der Waals surface area contributed by atoms with Crippen molar-refractivity contribution in [2.45, 2.75) is 44.1 Å². The third kappa shape index (κ3) is 1.10. The molecule has 0 aliphatic heterocycles. The van der Waals surface area contributed by atoms with Gasteiger partial charge in [0.2, 0.25) is 0 Å². The molecule has 0 atom stereocenters. The van der Waals surface area contributed by atoms with Crippen LogP contribution < -0.4 is 5.73 Å². The van der Waals surface area contributed by atoms with E-state index in [4.69, 9.17) is 10.5 Å². The Morgan fingerprint density at radius 1 is 0.895 bits per heavy atom. The van der Waals surface area contributed by atoms with Crippen molar-refractivity contribution in [3.8, 4) is 0 Å². The van der Waals surface area contributed by atoms with Crippen LogP contribution in [0.2, 0.25) is 0 Å². The van der Waals surface area contributed by atoms with E-state index in [9.17, 15) is 4.79 Å². The molecule has 0 aromatic rings. The Bertz CT molecular complexity index is 408. The number of carbonyl (C=O) groups excluding carboxylic acids is 1. The number of rotatable bonds is 1. The second-order valence-electron chi connectivity index (χ2n) is 8.34. The highest BCUT2D eigenvalue weighted by Crippen LogP contribution is 2.74. The fraction of sp³-hybridized carbons (Fsp3) is 0.938. The molecule has 3 nitrogen and oxygen atoms in total. The lowest BCUT2D eigenvalue weighted by atomic mass is 9.32. The molecule has 7 aliphatic carbocycles. The summed E-state index contributed by atoms with van der Waals surface area (Å²) in [5, 5.41) is 0. The molecule has 7 fully saturated rings. The predicted molar refractivity (Wildman–Crippen MR) is 70.0 cm³/mol. The van der Waals surface area contributed by atoms with E-state index in [0.29, 0.717) is 0 Å². The number of methoxy groups -OCH3 is 1. The molecule has 0 aromatic carbocycles. The number of nitrogens with two attached hydrogens (primary N) is 1. The normalized spacial score (nSPS) is 63.7. The fourth-order valence-corrected chi connectivity index (χ4v) is 7.45. The lowest BCUT2D eigenvalue weighted by molar-refractivity contribution is -0.241. The molecule has 7 saturated carbocycles. The minimum atomic E-state index is -0.107. The Balaban J connectivity index is 1.60. The topological polar surface area (TPSA) is 52.3 Å². The molecule has 7 aliphatic rings. The zero-order chi connectivity index (χ0) is 13.0. The van der Waals surface area contributed by atoms with Crippen molar-refractivity contribution in [1.82, 2.24) is 0 Å². The highest BCUT2D eigenvalue weighted by molar-refractivity contribution is 5.77. The van der Waals surface area contributed by atoms with E-state index in [2.05, 4.69) is 0 Å². The zero-order valence-electron chi connectivity index (χ0n) is 11.6. The third-order valence-electron chi connectivity index (χ3n) is 7.72. The number of carbonyl (C=O) groups is 1. The molecule has 7 rings (SSSR count). The zero-order valence-corrected chi connectivity index (χ0v) is 11.6. The first kappa shape index (κ1) is 11.1. The Kier molecular flexibility index (Phi) is 1.77. The minimum absolute atomic E-state index is 0.0861. The van der Waals surface area contributed by atoms with Gasteiger partial charge in [0.05, 0.1) is 12.5 Å². The van der Waals surface area contributed by atoms with Gasteiger partial charge in [-0.3, -0.25) is 4.79 Å². The summed E-state index contributed by atoms with van der Waals surface area (Å²) in [5.41, 5.74) is 6.68. The Labute approximate surface area is 114 Å². The Morgan fingerprint density at radius 3 is 1.63 bits per heavy atom. The maximum atomic E-state index is 12.3. The molecule has 0 radical (unpaired) electrons. The van der Waals surface area contributed by atoms with Crippen molar-refractivity contribution in [2.24, 2.45) is 46.7 Å². The Morgan fingerprint density at radius 2 is 1.26 bits per heavy atom. The van der Waals surface area contributed by atoms with Gasteiger partial charge >= 0.3 is 5.97 Å². The Hall–Kier alpha value is -0.570. The van der Waals surface area contributed by atoms with Gasteiger partial charge in [-0.25, -0.2) is 0 Å². The van der Waals surface area contributed by atoms with Gasteiger partial charge < -0.3 is 10.5 Å². The van der Waals surface area contributed by atoms with Gasteiger partial charge in [-0.15, -0.1) is 0 Å². The highest BCUT2D eigenvalue weighted by atomic mass is 16.5. The summed E-state index contributed by atoms with van der Waals surface area (Å²) in [5.74, 6) is 4.92. The molecule has 8 bridgehead atoms. The van der Waals surface area contributed by atoms with Crippen molar-refractivity contribution >= 4 is 5.97 Å². The molecule has 104 valence electrons. The van der Waals surface area contributed by atoms with Crippen molar-refractivity contribution in [3.63, 3.8) is 0 Å². The summed E-state index contributed by atoms with van der Waals surface area (Å²) >= 11 is 0. The SMILES string of the molecule is COC(=O)C12CC3C4CC5(N)CC3C(C1)C(C5)C4C2. The summed E-state index contributed by atoms with van der Waals surface area (Å²) in [6.45, 7) is 0. The molecule has 19 heavy (non-hydrogen) atoms. The van der Waals surface area contributed by atoms with Crippen LogP contribution in [0.15, 0.2) is 0 Å². The standard InChI is InChI=1S/C16H23NO2/c1-19-14(18)15-2-8-11-5-16(17)6-12(8)10(4-15)13(7-16)9(11)3-15/h8-13H,2-7,17H2,1H3. The van der Waals surface area contributed by atoms with Crippen molar-refractivity contribution in [1.29, 1.82) is 0 Å². The number of ether oxygens (including phenoxy) is 1. The first-order chi connectivity index (χ1) is 9.05. The van der Waals surface area contributed by atoms with Gasteiger partial charge in [-0.2, -0.15) is 0 Å². The van der Waals surface area contributed by atoms with Gasteiger partial charge in [0.15, 0.2) is 0 Å². The van der Waals surface area contributed by atoms with E-state index >= 15 is 0 Å². The molecule has 0 amide bonds. The summed E-state index contributed by atoms with van der Waals surface area (Å²) in [7, 11) is 1.57. The first-order valence-corrected chi connectivity index (χ1v) is 7.93. The molecule has 0 spiro atoms.